The Balaban J connectivity index is 2.04. The molecule has 0 saturated carbocycles. The number of nitrogens with zero attached hydrogens (tertiary/aromatic N) is 1. The highest BCUT2D eigenvalue weighted by atomic mass is 32.2. The van der Waals surface area contributed by atoms with Crippen LogP contribution in [0.1, 0.15) is 36.6 Å². The SMILES string of the molecule is CCNS(=O)(=O)[C@H]1CCN(C(=O)c2ccc(CC)o2)C1. The molecular formula is C13H20N2O4S. The Morgan fingerprint density at radius 3 is 2.80 bits per heavy atom. The normalized spacial score (nSPS) is 19.5. The highest BCUT2D eigenvalue weighted by molar-refractivity contribution is 7.90. The van der Waals surface area contributed by atoms with Gasteiger partial charge < -0.3 is 9.32 Å². The number of likely N-dealkylation sites (tertiary alicyclic amines) is 1. The summed E-state index contributed by atoms with van der Waals surface area (Å²) < 4.78 is 31.7. The Morgan fingerprint density at radius 1 is 1.45 bits per heavy atom. The second-order valence-electron chi connectivity index (χ2n) is 4.82. The summed E-state index contributed by atoms with van der Waals surface area (Å²) in [5, 5.41) is -0.535. The van der Waals surface area contributed by atoms with Crippen LogP contribution in [0.3, 0.4) is 0 Å². The summed E-state index contributed by atoms with van der Waals surface area (Å²) in [5.74, 6) is 0.798. The molecule has 20 heavy (non-hydrogen) atoms. The van der Waals surface area contributed by atoms with Crippen LogP contribution >= 0.6 is 0 Å². The third-order valence-electron chi connectivity index (χ3n) is 3.44. The molecule has 2 heterocycles. The van der Waals surface area contributed by atoms with Gasteiger partial charge in [0.15, 0.2) is 5.76 Å². The molecule has 6 nitrogen and oxygen atoms in total. The molecule has 1 amide bonds. The first kappa shape index (κ1) is 15.1. The molecule has 1 aliphatic heterocycles. The predicted molar refractivity (Wildman–Crippen MR) is 75.0 cm³/mol. The predicted octanol–water partition coefficient (Wildman–Crippen LogP) is 0.996. The molecule has 1 aromatic heterocycles. The molecule has 0 aromatic carbocycles. The molecule has 0 spiro atoms. The van der Waals surface area contributed by atoms with Crippen molar-refractivity contribution in [3.63, 3.8) is 0 Å². The molecule has 1 fully saturated rings. The Labute approximate surface area is 119 Å². The first-order valence-corrected chi connectivity index (χ1v) is 8.39. The summed E-state index contributed by atoms with van der Waals surface area (Å²) in [6.45, 7) is 4.71. The van der Waals surface area contributed by atoms with Crippen LogP contribution in [0.15, 0.2) is 16.5 Å². The van der Waals surface area contributed by atoms with Gasteiger partial charge in [-0.2, -0.15) is 0 Å². The largest absolute Gasteiger partial charge is 0.456 e. The van der Waals surface area contributed by atoms with Gasteiger partial charge in [-0.25, -0.2) is 13.1 Å². The first-order chi connectivity index (χ1) is 9.47. The molecular weight excluding hydrogens is 280 g/mol. The van der Waals surface area contributed by atoms with E-state index in [2.05, 4.69) is 4.72 Å². The summed E-state index contributed by atoms with van der Waals surface area (Å²) in [7, 11) is -3.33. The number of carbonyl (C=O) groups is 1. The van der Waals surface area contributed by atoms with Crippen molar-refractivity contribution in [1.82, 2.24) is 9.62 Å². The number of rotatable bonds is 5. The van der Waals surface area contributed by atoms with Crippen molar-refractivity contribution in [1.29, 1.82) is 0 Å². The molecule has 0 unspecified atom stereocenters. The zero-order valence-corrected chi connectivity index (χ0v) is 12.6. The molecule has 0 bridgehead atoms. The molecule has 1 aromatic rings. The summed E-state index contributed by atoms with van der Waals surface area (Å²) in [4.78, 5) is 13.8. The standard InChI is InChI=1S/C13H20N2O4S/c1-3-10-5-6-12(19-10)13(16)15-8-7-11(9-15)20(17,18)14-4-2/h5-6,11,14H,3-4,7-9H2,1-2H3/t11-/m0/s1. The van der Waals surface area contributed by atoms with E-state index in [0.29, 0.717) is 19.5 Å². The van der Waals surface area contributed by atoms with Crippen LogP contribution < -0.4 is 4.72 Å². The number of hydrogen-bond acceptors (Lipinski definition) is 4. The van der Waals surface area contributed by atoms with E-state index in [4.69, 9.17) is 4.42 Å². The fraction of sp³-hybridized carbons (Fsp3) is 0.615. The molecule has 1 atom stereocenters. The van der Waals surface area contributed by atoms with Crippen molar-refractivity contribution in [2.45, 2.75) is 31.9 Å². The van der Waals surface area contributed by atoms with Gasteiger partial charge in [-0.3, -0.25) is 4.79 Å². The number of hydrogen-bond donors (Lipinski definition) is 1. The second kappa shape index (κ2) is 5.97. The molecule has 1 aliphatic rings. The number of furan rings is 1. The average Bonchev–Trinajstić information content (AvgIpc) is 3.07. The third kappa shape index (κ3) is 3.04. The fourth-order valence-corrected chi connectivity index (χ4v) is 3.75. The van der Waals surface area contributed by atoms with Gasteiger partial charge in [-0.05, 0) is 18.6 Å². The molecule has 2 rings (SSSR count). The van der Waals surface area contributed by atoms with Crippen molar-refractivity contribution < 1.29 is 17.6 Å². The van der Waals surface area contributed by atoms with E-state index in [1.807, 2.05) is 6.92 Å². The Bertz CT molecular complexity index is 579. The number of amides is 1. The first-order valence-electron chi connectivity index (χ1n) is 6.84. The summed E-state index contributed by atoms with van der Waals surface area (Å²) in [6.07, 6.45) is 1.19. The number of aryl methyl sites for hydroxylation is 1. The van der Waals surface area contributed by atoms with Crippen LogP contribution in [0.2, 0.25) is 0 Å². The van der Waals surface area contributed by atoms with E-state index < -0.39 is 15.3 Å². The average molecular weight is 300 g/mol. The van der Waals surface area contributed by atoms with Crippen LogP contribution in [-0.2, 0) is 16.4 Å². The minimum absolute atomic E-state index is 0.219. The van der Waals surface area contributed by atoms with E-state index >= 15 is 0 Å². The second-order valence-corrected chi connectivity index (χ2v) is 6.87. The third-order valence-corrected chi connectivity index (χ3v) is 5.39. The lowest BCUT2D eigenvalue weighted by Gasteiger charge is -2.15. The maximum atomic E-state index is 12.2. The van der Waals surface area contributed by atoms with E-state index in [1.165, 1.54) is 4.90 Å². The van der Waals surface area contributed by atoms with Gasteiger partial charge in [0.05, 0.1) is 5.25 Å². The minimum Gasteiger partial charge on any atom is -0.456 e. The monoisotopic (exact) mass is 300 g/mol. The van der Waals surface area contributed by atoms with Crippen molar-refractivity contribution in [3.05, 3.63) is 23.7 Å². The van der Waals surface area contributed by atoms with Gasteiger partial charge in [-0.15, -0.1) is 0 Å². The van der Waals surface area contributed by atoms with Crippen LogP contribution in [0, 0.1) is 0 Å². The Morgan fingerprint density at radius 2 is 2.20 bits per heavy atom. The number of nitrogens with one attached hydrogen (secondary N) is 1. The van der Waals surface area contributed by atoms with E-state index in [0.717, 1.165) is 12.2 Å². The lowest BCUT2D eigenvalue weighted by Crippen LogP contribution is -2.37. The van der Waals surface area contributed by atoms with Crippen LogP contribution in [0.5, 0.6) is 0 Å². The number of carbonyl (C=O) groups excluding carboxylic acids is 1. The van der Waals surface area contributed by atoms with Gasteiger partial charge in [-0.1, -0.05) is 13.8 Å². The van der Waals surface area contributed by atoms with Gasteiger partial charge >= 0.3 is 0 Å². The van der Waals surface area contributed by atoms with Crippen molar-refractivity contribution in [2.24, 2.45) is 0 Å². The maximum absolute atomic E-state index is 12.2. The van der Waals surface area contributed by atoms with E-state index in [-0.39, 0.29) is 18.2 Å². The quantitative estimate of drug-likeness (QED) is 0.879. The topological polar surface area (TPSA) is 79.6 Å². The van der Waals surface area contributed by atoms with Crippen molar-refractivity contribution in [2.75, 3.05) is 19.6 Å². The van der Waals surface area contributed by atoms with E-state index in [9.17, 15) is 13.2 Å². The highest BCUT2D eigenvalue weighted by Crippen LogP contribution is 2.19. The molecule has 1 N–H and O–H groups in total. The van der Waals surface area contributed by atoms with Crippen LogP contribution in [0.4, 0.5) is 0 Å². The summed E-state index contributed by atoms with van der Waals surface area (Å²) in [6, 6.07) is 3.42. The van der Waals surface area contributed by atoms with Gasteiger partial charge in [0.1, 0.15) is 5.76 Å². The zero-order chi connectivity index (χ0) is 14.8. The molecule has 0 aliphatic carbocycles. The molecule has 1 saturated heterocycles. The lowest BCUT2D eigenvalue weighted by atomic mass is 10.3. The van der Waals surface area contributed by atoms with Gasteiger partial charge in [0.25, 0.3) is 5.91 Å². The fourth-order valence-electron chi connectivity index (χ4n) is 2.32. The molecule has 0 radical (unpaired) electrons. The van der Waals surface area contributed by atoms with Gasteiger partial charge in [0.2, 0.25) is 10.0 Å². The zero-order valence-electron chi connectivity index (χ0n) is 11.8. The summed E-state index contributed by atoms with van der Waals surface area (Å²) >= 11 is 0. The van der Waals surface area contributed by atoms with Gasteiger partial charge in [0, 0.05) is 26.1 Å². The molecule has 7 heteroatoms. The maximum Gasteiger partial charge on any atom is 0.289 e. The van der Waals surface area contributed by atoms with Crippen molar-refractivity contribution in [3.8, 4) is 0 Å². The van der Waals surface area contributed by atoms with Crippen molar-refractivity contribution >= 4 is 15.9 Å². The molecule has 112 valence electrons. The Kier molecular flexibility index (Phi) is 4.49. The Hall–Kier alpha value is -1.34. The number of sulfonamides is 1. The lowest BCUT2D eigenvalue weighted by molar-refractivity contribution is 0.0760. The van der Waals surface area contributed by atoms with Crippen LogP contribution in [0.25, 0.3) is 0 Å². The summed E-state index contributed by atoms with van der Waals surface area (Å²) in [5.41, 5.74) is 0. The highest BCUT2D eigenvalue weighted by Gasteiger charge is 2.35. The van der Waals surface area contributed by atoms with E-state index in [1.54, 1.807) is 19.1 Å². The smallest absolute Gasteiger partial charge is 0.289 e. The van der Waals surface area contributed by atoms with Crippen LogP contribution in [-0.4, -0.2) is 44.1 Å². The minimum atomic E-state index is -3.33.